The van der Waals surface area contributed by atoms with Crippen LogP contribution in [0.5, 0.6) is 11.5 Å². The molecule has 0 fully saturated rings. The summed E-state index contributed by atoms with van der Waals surface area (Å²) in [4.78, 5) is 34.2. The van der Waals surface area contributed by atoms with Crippen molar-refractivity contribution in [2.24, 2.45) is 0 Å². The molecule has 158 valence electrons. The minimum Gasteiger partial charge on any atom is -0.493 e. The van der Waals surface area contributed by atoms with Crippen molar-refractivity contribution in [2.75, 3.05) is 20.8 Å². The van der Waals surface area contributed by atoms with Gasteiger partial charge in [-0.3, -0.25) is 14.2 Å². The topological polar surface area (TPSA) is 73.7 Å². The summed E-state index contributed by atoms with van der Waals surface area (Å²) < 4.78 is 12.1. The number of aryl methyl sites for hydroxylation is 2. The molecule has 1 amide bonds. The number of ether oxygens (including phenoxy) is 2. The van der Waals surface area contributed by atoms with Crippen LogP contribution in [0.1, 0.15) is 29.3 Å². The highest BCUT2D eigenvalue weighted by Crippen LogP contribution is 2.34. The Balaban J connectivity index is 1.55. The molecule has 1 aromatic carbocycles. The quantitative estimate of drug-likeness (QED) is 0.580. The predicted octanol–water partition coefficient (Wildman–Crippen LogP) is 3.01. The molecule has 0 unspecified atom stereocenters. The number of fused-ring (bicyclic) bond motifs is 3. The van der Waals surface area contributed by atoms with Crippen molar-refractivity contribution in [2.45, 2.75) is 39.3 Å². The molecule has 1 aliphatic rings. The van der Waals surface area contributed by atoms with Gasteiger partial charge in [0.1, 0.15) is 11.4 Å². The Hall–Kier alpha value is -2.87. The van der Waals surface area contributed by atoms with E-state index in [1.165, 1.54) is 15.8 Å². The summed E-state index contributed by atoms with van der Waals surface area (Å²) in [7, 11) is 3.17. The summed E-state index contributed by atoms with van der Waals surface area (Å²) in [5.74, 6) is 1.14. The molecule has 2 aromatic heterocycles. The summed E-state index contributed by atoms with van der Waals surface area (Å²) in [5.41, 5.74) is 1.95. The van der Waals surface area contributed by atoms with Gasteiger partial charge in [-0.25, -0.2) is 4.98 Å². The van der Waals surface area contributed by atoms with Gasteiger partial charge in [0.15, 0.2) is 11.5 Å². The standard InChI is InChI=1S/C22H25N3O4S/c1-4-24(11-14-8-9-16(28-2)17(10-14)29-3)19(26)12-25-13-23-21-20(22(25)27)15-6-5-7-18(15)30-21/h8-10,13H,4-7,11-12H2,1-3H3. The number of nitrogens with zero attached hydrogens (tertiary/aromatic N) is 3. The number of carbonyl (C=O) groups excluding carboxylic acids is 1. The van der Waals surface area contributed by atoms with Gasteiger partial charge in [0.25, 0.3) is 5.56 Å². The highest BCUT2D eigenvalue weighted by Gasteiger charge is 2.22. The number of likely N-dealkylation sites (N-methyl/N-ethyl adjacent to an activating group) is 1. The highest BCUT2D eigenvalue weighted by molar-refractivity contribution is 7.18. The second-order valence-electron chi connectivity index (χ2n) is 7.31. The number of rotatable bonds is 7. The van der Waals surface area contributed by atoms with Gasteiger partial charge >= 0.3 is 0 Å². The fraction of sp³-hybridized carbons (Fsp3) is 0.409. The molecule has 0 atom stereocenters. The average molecular weight is 428 g/mol. The lowest BCUT2D eigenvalue weighted by Crippen LogP contribution is -2.36. The van der Waals surface area contributed by atoms with E-state index < -0.39 is 0 Å². The van der Waals surface area contributed by atoms with Crippen LogP contribution in [0.2, 0.25) is 0 Å². The first-order valence-electron chi connectivity index (χ1n) is 10.0. The lowest BCUT2D eigenvalue weighted by molar-refractivity contribution is -0.132. The molecule has 4 rings (SSSR count). The van der Waals surface area contributed by atoms with Crippen LogP contribution in [-0.4, -0.2) is 41.1 Å². The van der Waals surface area contributed by atoms with Crippen LogP contribution in [0.3, 0.4) is 0 Å². The molecule has 0 radical (unpaired) electrons. The van der Waals surface area contributed by atoms with Crippen molar-refractivity contribution in [3.8, 4) is 11.5 Å². The normalized spacial score (nSPS) is 12.8. The molecule has 3 aromatic rings. The van der Waals surface area contributed by atoms with E-state index >= 15 is 0 Å². The third kappa shape index (κ3) is 3.67. The van der Waals surface area contributed by atoms with Crippen LogP contribution < -0.4 is 15.0 Å². The van der Waals surface area contributed by atoms with Gasteiger partial charge in [0.2, 0.25) is 5.91 Å². The number of aromatic nitrogens is 2. The van der Waals surface area contributed by atoms with E-state index in [1.54, 1.807) is 30.5 Å². The maximum absolute atomic E-state index is 13.0. The van der Waals surface area contributed by atoms with Gasteiger partial charge in [-0.2, -0.15) is 0 Å². The van der Waals surface area contributed by atoms with E-state index in [9.17, 15) is 9.59 Å². The molecule has 0 bridgehead atoms. The molecule has 0 saturated heterocycles. The van der Waals surface area contributed by atoms with E-state index in [4.69, 9.17) is 9.47 Å². The third-order valence-corrected chi connectivity index (χ3v) is 6.75. The third-order valence-electron chi connectivity index (χ3n) is 5.55. The van der Waals surface area contributed by atoms with Crippen molar-refractivity contribution in [3.63, 3.8) is 0 Å². The zero-order valence-electron chi connectivity index (χ0n) is 17.4. The number of carbonyl (C=O) groups is 1. The summed E-state index contributed by atoms with van der Waals surface area (Å²) in [6, 6.07) is 5.60. The average Bonchev–Trinajstić information content (AvgIpc) is 3.35. The van der Waals surface area contributed by atoms with E-state index in [-0.39, 0.29) is 18.0 Å². The Labute approximate surface area is 178 Å². The molecular formula is C22H25N3O4S. The molecule has 8 heteroatoms. The molecule has 1 aliphatic carbocycles. The highest BCUT2D eigenvalue weighted by atomic mass is 32.1. The smallest absolute Gasteiger partial charge is 0.262 e. The van der Waals surface area contributed by atoms with Gasteiger partial charge in [0.05, 0.1) is 25.9 Å². The fourth-order valence-electron chi connectivity index (χ4n) is 3.95. The van der Waals surface area contributed by atoms with Crippen LogP contribution >= 0.6 is 11.3 Å². The van der Waals surface area contributed by atoms with Crippen LogP contribution in [0, 0.1) is 0 Å². The summed E-state index contributed by atoms with van der Waals surface area (Å²) in [5, 5.41) is 0.700. The van der Waals surface area contributed by atoms with E-state index in [1.807, 2.05) is 25.1 Å². The van der Waals surface area contributed by atoms with Gasteiger partial charge in [-0.05, 0) is 49.4 Å². The van der Waals surface area contributed by atoms with Gasteiger partial charge in [-0.15, -0.1) is 11.3 Å². The van der Waals surface area contributed by atoms with Crippen LogP contribution in [0.4, 0.5) is 0 Å². The van der Waals surface area contributed by atoms with Crippen LogP contribution in [0.15, 0.2) is 29.3 Å². The first-order chi connectivity index (χ1) is 14.5. The first kappa shape index (κ1) is 20.4. The Kier molecular flexibility index (Phi) is 5.76. The lowest BCUT2D eigenvalue weighted by Gasteiger charge is -2.22. The largest absolute Gasteiger partial charge is 0.493 e. The zero-order chi connectivity index (χ0) is 21.3. The number of hydrogen-bond donors (Lipinski definition) is 0. The minimum absolute atomic E-state index is 0.0203. The van der Waals surface area contributed by atoms with Crippen molar-refractivity contribution >= 4 is 27.5 Å². The molecule has 2 heterocycles. The summed E-state index contributed by atoms with van der Waals surface area (Å²) in [6.07, 6.45) is 4.52. The van der Waals surface area contributed by atoms with Crippen molar-refractivity contribution in [1.29, 1.82) is 0 Å². The van der Waals surface area contributed by atoms with Gasteiger partial charge in [0, 0.05) is 18.0 Å². The van der Waals surface area contributed by atoms with E-state index in [0.29, 0.717) is 30.0 Å². The Morgan fingerprint density at radius 2 is 2.03 bits per heavy atom. The number of benzene rings is 1. The molecular weight excluding hydrogens is 402 g/mol. The number of amides is 1. The molecule has 0 N–H and O–H groups in total. The van der Waals surface area contributed by atoms with E-state index in [2.05, 4.69) is 4.98 Å². The summed E-state index contributed by atoms with van der Waals surface area (Å²) >= 11 is 1.61. The molecule has 0 aliphatic heterocycles. The predicted molar refractivity (Wildman–Crippen MR) is 117 cm³/mol. The maximum Gasteiger partial charge on any atom is 0.262 e. The second-order valence-corrected chi connectivity index (χ2v) is 8.40. The van der Waals surface area contributed by atoms with Crippen molar-refractivity contribution in [1.82, 2.24) is 14.5 Å². The van der Waals surface area contributed by atoms with E-state index in [0.717, 1.165) is 35.2 Å². The Morgan fingerprint density at radius 1 is 1.23 bits per heavy atom. The van der Waals surface area contributed by atoms with Crippen LogP contribution in [-0.2, 0) is 30.7 Å². The molecule has 0 saturated carbocycles. The monoisotopic (exact) mass is 427 g/mol. The molecule has 7 nitrogen and oxygen atoms in total. The van der Waals surface area contributed by atoms with Crippen molar-refractivity contribution < 1.29 is 14.3 Å². The lowest BCUT2D eigenvalue weighted by atomic mass is 10.2. The van der Waals surface area contributed by atoms with Gasteiger partial charge < -0.3 is 14.4 Å². The number of hydrogen-bond acceptors (Lipinski definition) is 6. The Bertz CT molecular complexity index is 1150. The Morgan fingerprint density at radius 3 is 2.77 bits per heavy atom. The second kappa shape index (κ2) is 8.47. The first-order valence-corrected chi connectivity index (χ1v) is 10.9. The summed E-state index contributed by atoms with van der Waals surface area (Å²) in [6.45, 7) is 2.86. The molecule has 0 spiro atoms. The molecule has 30 heavy (non-hydrogen) atoms. The maximum atomic E-state index is 13.0. The van der Waals surface area contributed by atoms with Gasteiger partial charge in [-0.1, -0.05) is 6.07 Å². The zero-order valence-corrected chi connectivity index (χ0v) is 18.3. The minimum atomic E-state index is -0.123. The van der Waals surface area contributed by atoms with Crippen molar-refractivity contribution in [3.05, 3.63) is 50.9 Å². The van der Waals surface area contributed by atoms with Crippen LogP contribution in [0.25, 0.3) is 10.2 Å². The SMILES string of the molecule is CCN(Cc1ccc(OC)c(OC)c1)C(=O)Cn1cnc2sc3c(c2c1=O)CCC3. The number of thiophene rings is 1. The number of methoxy groups -OCH3 is 2. The fourth-order valence-corrected chi connectivity index (χ4v) is 5.17.